The van der Waals surface area contributed by atoms with Crippen LogP contribution in [0, 0.1) is 0 Å². The lowest BCUT2D eigenvalue weighted by molar-refractivity contribution is -0.142. The zero-order valence-corrected chi connectivity index (χ0v) is 20.5. The third-order valence-electron chi connectivity index (χ3n) is 6.42. The first-order valence-electron chi connectivity index (χ1n) is 12.8. The molecular formula is C27H41N3O3. The number of esters is 1. The molecule has 1 unspecified atom stereocenters. The summed E-state index contributed by atoms with van der Waals surface area (Å²) in [5.41, 5.74) is 2.50. The lowest BCUT2D eigenvalue weighted by atomic mass is 9.97. The third kappa shape index (κ3) is 7.79. The van der Waals surface area contributed by atoms with Crippen molar-refractivity contribution in [3.05, 3.63) is 42.5 Å². The summed E-state index contributed by atoms with van der Waals surface area (Å²) in [6, 6.07) is 6.41. The summed E-state index contributed by atoms with van der Waals surface area (Å²) in [4.78, 5) is 18.5. The van der Waals surface area contributed by atoms with Crippen LogP contribution in [0.25, 0.3) is 0 Å². The summed E-state index contributed by atoms with van der Waals surface area (Å²) in [6.07, 6.45) is 16.0. The Morgan fingerprint density at radius 1 is 1.09 bits per heavy atom. The number of rotatable bonds is 16. The van der Waals surface area contributed by atoms with Crippen LogP contribution in [0.5, 0.6) is 5.75 Å². The van der Waals surface area contributed by atoms with Crippen LogP contribution >= 0.6 is 0 Å². The fourth-order valence-electron chi connectivity index (χ4n) is 4.65. The second-order valence-corrected chi connectivity index (χ2v) is 8.95. The Bertz CT molecular complexity index is 822. The maximum Gasteiger partial charge on any atom is 0.307 e. The molecule has 0 saturated heterocycles. The Morgan fingerprint density at radius 3 is 2.67 bits per heavy atom. The summed E-state index contributed by atoms with van der Waals surface area (Å²) in [5.74, 6) is 1.22. The average molecular weight is 456 g/mol. The second kappa shape index (κ2) is 13.9. The standard InChI is InChI=1S/C27H41N3O3/c1-3-5-6-7-8-9-10-20-33-25-13-11-12-24-23(14-17-29-19-16-28-22-29)21-30(27(24)25)18-15-26(31)32-4-2/h11-13,16,19,22-23H,3-10,14-15,17-18,20-21H2,1-2H3. The van der Waals surface area contributed by atoms with Crippen LogP contribution < -0.4 is 9.64 Å². The number of aryl methyl sites for hydroxylation is 1. The number of anilines is 1. The van der Waals surface area contributed by atoms with E-state index < -0.39 is 0 Å². The Morgan fingerprint density at radius 2 is 1.91 bits per heavy atom. The summed E-state index contributed by atoms with van der Waals surface area (Å²) >= 11 is 0. The first-order valence-corrected chi connectivity index (χ1v) is 12.8. The van der Waals surface area contributed by atoms with Crippen LogP contribution in [0.3, 0.4) is 0 Å². The molecule has 1 aromatic heterocycles. The molecule has 3 rings (SSSR count). The first-order chi connectivity index (χ1) is 16.2. The Balaban J connectivity index is 1.60. The maximum absolute atomic E-state index is 12.0. The monoisotopic (exact) mass is 455 g/mol. The van der Waals surface area contributed by atoms with Crippen LogP contribution in [0.4, 0.5) is 5.69 Å². The molecule has 182 valence electrons. The van der Waals surface area contributed by atoms with E-state index in [2.05, 4.69) is 39.6 Å². The van der Waals surface area contributed by atoms with Gasteiger partial charge in [-0.25, -0.2) is 4.98 Å². The van der Waals surface area contributed by atoms with E-state index in [1.54, 1.807) is 0 Å². The molecule has 0 N–H and O–H groups in total. The normalized spacial score (nSPS) is 15.0. The molecule has 0 radical (unpaired) electrons. The largest absolute Gasteiger partial charge is 0.491 e. The fraction of sp³-hybridized carbons (Fsp3) is 0.630. The predicted molar refractivity (Wildman–Crippen MR) is 133 cm³/mol. The highest BCUT2D eigenvalue weighted by Gasteiger charge is 2.31. The molecule has 1 atom stereocenters. The molecule has 6 nitrogen and oxygen atoms in total. The molecule has 0 amide bonds. The van der Waals surface area contributed by atoms with Crippen molar-refractivity contribution >= 4 is 11.7 Å². The van der Waals surface area contributed by atoms with Crippen molar-refractivity contribution in [3.63, 3.8) is 0 Å². The van der Waals surface area contributed by atoms with E-state index in [9.17, 15) is 4.79 Å². The molecule has 33 heavy (non-hydrogen) atoms. The lowest BCUT2D eigenvalue weighted by Gasteiger charge is -2.22. The molecule has 0 fully saturated rings. The van der Waals surface area contributed by atoms with Gasteiger partial charge >= 0.3 is 5.97 Å². The number of carbonyl (C=O) groups excluding carboxylic acids is 1. The molecule has 6 heteroatoms. The first kappa shape index (κ1) is 25.1. The molecule has 2 heterocycles. The minimum Gasteiger partial charge on any atom is -0.491 e. The summed E-state index contributed by atoms with van der Waals surface area (Å²) < 4.78 is 13.6. The van der Waals surface area contributed by atoms with Crippen molar-refractivity contribution in [2.75, 3.05) is 31.2 Å². The topological polar surface area (TPSA) is 56.6 Å². The van der Waals surface area contributed by atoms with Gasteiger partial charge in [-0.15, -0.1) is 0 Å². The number of hydrogen-bond acceptors (Lipinski definition) is 5. The van der Waals surface area contributed by atoms with Crippen molar-refractivity contribution in [1.29, 1.82) is 0 Å². The minimum absolute atomic E-state index is 0.137. The molecule has 1 aliphatic rings. The molecule has 0 aliphatic carbocycles. The van der Waals surface area contributed by atoms with E-state index in [1.807, 2.05) is 25.6 Å². The average Bonchev–Trinajstić information content (AvgIpc) is 3.46. The van der Waals surface area contributed by atoms with Crippen molar-refractivity contribution in [2.45, 2.75) is 84.1 Å². The van der Waals surface area contributed by atoms with E-state index in [0.717, 1.165) is 38.3 Å². The number of imidazole rings is 1. The van der Waals surface area contributed by atoms with Gasteiger partial charge in [0, 0.05) is 37.9 Å². The number of nitrogens with zero attached hydrogens (tertiary/aromatic N) is 3. The predicted octanol–water partition coefficient (Wildman–Crippen LogP) is 5.96. The van der Waals surface area contributed by atoms with Gasteiger partial charge in [0.05, 0.1) is 31.6 Å². The van der Waals surface area contributed by atoms with Crippen molar-refractivity contribution in [1.82, 2.24) is 9.55 Å². The maximum atomic E-state index is 12.0. The van der Waals surface area contributed by atoms with E-state index in [1.165, 1.54) is 49.8 Å². The van der Waals surface area contributed by atoms with Crippen molar-refractivity contribution in [2.24, 2.45) is 0 Å². The third-order valence-corrected chi connectivity index (χ3v) is 6.42. The molecule has 0 bridgehead atoms. The Kier molecular flexibility index (Phi) is 10.6. The van der Waals surface area contributed by atoms with Gasteiger partial charge in [-0.1, -0.05) is 57.6 Å². The lowest BCUT2D eigenvalue weighted by Crippen LogP contribution is -2.26. The second-order valence-electron chi connectivity index (χ2n) is 8.95. The van der Waals surface area contributed by atoms with Crippen LogP contribution in [-0.4, -0.2) is 41.8 Å². The number of benzene rings is 1. The highest BCUT2D eigenvalue weighted by atomic mass is 16.5. The highest BCUT2D eigenvalue weighted by Crippen LogP contribution is 2.44. The highest BCUT2D eigenvalue weighted by molar-refractivity contribution is 5.73. The van der Waals surface area contributed by atoms with E-state index in [-0.39, 0.29) is 5.97 Å². The van der Waals surface area contributed by atoms with E-state index in [0.29, 0.717) is 25.5 Å². The van der Waals surface area contributed by atoms with Gasteiger partial charge in [0.25, 0.3) is 0 Å². The van der Waals surface area contributed by atoms with Crippen LogP contribution in [0.15, 0.2) is 36.9 Å². The number of ether oxygens (including phenoxy) is 2. The number of para-hydroxylation sites is 1. The summed E-state index contributed by atoms with van der Waals surface area (Å²) in [5, 5.41) is 0. The summed E-state index contributed by atoms with van der Waals surface area (Å²) in [7, 11) is 0. The quantitative estimate of drug-likeness (QED) is 0.231. The van der Waals surface area contributed by atoms with Crippen molar-refractivity contribution < 1.29 is 14.3 Å². The molecule has 2 aromatic rings. The van der Waals surface area contributed by atoms with Gasteiger partial charge in [-0.2, -0.15) is 0 Å². The van der Waals surface area contributed by atoms with Crippen LogP contribution in [-0.2, 0) is 16.1 Å². The number of aromatic nitrogens is 2. The number of fused-ring (bicyclic) bond motifs is 1. The Labute approximate surface area is 199 Å². The van der Waals surface area contributed by atoms with E-state index in [4.69, 9.17) is 9.47 Å². The van der Waals surface area contributed by atoms with Gasteiger partial charge in [-0.3, -0.25) is 4.79 Å². The molecule has 1 aliphatic heterocycles. The molecule has 0 spiro atoms. The Hall–Kier alpha value is -2.50. The molecule has 1 aromatic carbocycles. The van der Waals surface area contributed by atoms with Crippen molar-refractivity contribution in [3.8, 4) is 5.75 Å². The number of unbranched alkanes of at least 4 members (excludes halogenated alkanes) is 6. The minimum atomic E-state index is -0.137. The van der Waals surface area contributed by atoms with Gasteiger partial charge < -0.3 is 18.9 Å². The van der Waals surface area contributed by atoms with Gasteiger partial charge in [-0.05, 0) is 31.4 Å². The van der Waals surface area contributed by atoms with Crippen LogP contribution in [0.2, 0.25) is 0 Å². The smallest absolute Gasteiger partial charge is 0.307 e. The SMILES string of the molecule is CCCCCCCCCOc1cccc2c1N(CCC(=O)OCC)CC2CCn1ccnc1. The number of carbonyl (C=O) groups is 1. The fourth-order valence-corrected chi connectivity index (χ4v) is 4.65. The molecular weight excluding hydrogens is 414 g/mol. The van der Waals surface area contributed by atoms with E-state index >= 15 is 0 Å². The van der Waals surface area contributed by atoms with Crippen LogP contribution in [0.1, 0.15) is 83.1 Å². The molecule has 0 saturated carbocycles. The van der Waals surface area contributed by atoms with Gasteiger partial charge in [0.15, 0.2) is 0 Å². The summed E-state index contributed by atoms with van der Waals surface area (Å²) in [6.45, 7) is 7.77. The zero-order chi connectivity index (χ0) is 23.3. The van der Waals surface area contributed by atoms with Gasteiger partial charge in [0.1, 0.15) is 5.75 Å². The van der Waals surface area contributed by atoms with Gasteiger partial charge in [0.2, 0.25) is 0 Å². The number of hydrogen-bond donors (Lipinski definition) is 0. The zero-order valence-electron chi connectivity index (χ0n) is 20.5.